The topological polar surface area (TPSA) is 32.3 Å². The molecule has 1 saturated heterocycles. The number of rotatable bonds is 3. The first-order valence-electron chi connectivity index (χ1n) is 5.96. The van der Waals surface area contributed by atoms with E-state index in [1.807, 2.05) is 7.05 Å². The number of hydrogen-bond donors (Lipinski definition) is 1. The molecule has 0 aliphatic carbocycles. The van der Waals surface area contributed by atoms with Gasteiger partial charge in [-0.2, -0.15) is 0 Å². The van der Waals surface area contributed by atoms with E-state index >= 15 is 0 Å². The molecule has 18 heavy (non-hydrogen) atoms. The van der Waals surface area contributed by atoms with Crippen molar-refractivity contribution in [2.24, 2.45) is 0 Å². The molecular formula is C13H16F2N2O. The van der Waals surface area contributed by atoms with E-state index in [0.717, 1.165) is 31.8 Å². The summed E-state index contributed by atoms with van der Waals surface area (Å²) in [4.78, 5) is 14.1. The average Bonchev–Trinajstić information content (AvgIpc) is 2.28. The number of Topliss-reactive ketones (excluding diaryl/α,β-unsaturated/α-hetero) is 1. The summed E-state index contributed by atoms with van der Waals surface area (Å²) in [6.07, 6.45) is 0.229. The summed E-state index contributed by atoms with van der Waals surface area (Å²) in [6, 6.07) is 3.09. The van der Waals surface area contributed by atoms with Gasteiger partial charge in [-0.25, -0.2) is 8.78 Å². The molecule has 0 saturated carbocycles. The van der Waals surface area contributed by atoms with Gasteiger partial charge in [-0.1, -0.05) is 0 Å². The first-order valence-corrected chi connectivity index (χ1v) is 5.96. The Hall–Kier alpha value is -1.33. The van der Waals surface area contributed by atoms with Crippen LogP contribution < -0.4 is 5.32 Å². The maximum atomic E-state index is 13.4. The lowest BCUT2D eigenvalue weighted by atomic mass is 10.0. The molecule has 1 aromatic carbocycles. The van der Waals surface area contributed by atoms with Crippen molar-refractivity contribution < 1.29 is 13.6 Å². The molecule has 5 heteroatoms. The largest absolute Gasteiger partial charge is 0.311 e. The van der Waals surface area contributed by atoms with Gasteiger partial charge in [0.25, 0.3) is 0 Å². The molecule has 2 rings (SSSR count). The summed E-state index contributed by atoms with van der Waals surface area (Å²) in [5, 5.41) is 3.22. The van der Waals surface area contributed by atoms with Crippen molar-refractivity contribution in [3.63, 3.8) is 0 Å². The Morgan fingerprint density at radius 3 is 2.94 bits per heavy atom. The van der Waals surface area contributed by atoms with Crippen molar-refractivity contribution in [1.82, 2.24) is 10.2 Å². The van der Waals surface area contributed by atoms with Gasteiger partial charge in [0, 0.05) is 38.2 Å². The number of nitrogens with one attached hydrogen (secondary N) is 1. The molecule has 1 fully saturated rings. The van der Waals surface area contributed by atoms with Crippen LogP contribution in [-0.4, -0.2) is 43.4 Å². The zero-order chi connectivity index (χ0) is 13.1. The van der Waals surface area contributed by atoms with Gasteiger partial charge in [0.1, 0.15) is 11.6 Å². The van der Waals surface area contributed by atoms with Crippen LogP contribution in [0.3, 0.4) is 0 Å². The Morgan fingerprint density at radius 2 is 2.28 bits per heavy atom. The normalized spacial score (nSPS) is 20.9. The molecule has 0 radical (unpaired) electrons. The number of halogens is 2. The fourth-order valence-electron chi connectivity index (χ4n) is 2.18. The van der Waals surface area contributed by atoms with Crippen molar-refractivity contribution in [3.05, 3.63) is 35.4 Å². The van der Waals surface area contributed by atoms with E-state index < -0.39 is 11.6 Å². The summed E-state index contributed by atoms with van der Waals surface area (Å²) in [5.74, 6) is -1.75. The van der Waals surface area contributed by atoms with Crippen LogP contribution in [0.25, 0.3) is 0 Å². The molecule has 0 spiro atoms. The Bertz CT molecular complexity index is 451. The number of likely N-dealkylation sites (N-methyl/N-ethyl adjacent to an activating group) is 1. The Kier molecular flexibility index (Phi) is 4.04. The summed E-state index contributed by atoms with van der Waals surface area (Å²) >= 11 is 0. The molecule has 98 valence electrons. The summed E-state index contributed by atoms with van der Waals surface area (Å²) in [5.41, 5.74) is -0.0357. The highest BCUT2D eigenvalue weighted by Gasteiger charge is 2.21. The lowest BCUT2D eigenvalue weighted by Gasteiger charge is -2.30. The van der Waals surface area contributed by atoms with Crippen LogP contribution in [0.15, 0.2) is 18.2 Å². The van der Waals surface area contributed by atoms with Crippen molar-refractivity contribution >= 4 is 5.78 Å². The van der Waals surface area contributed by atoms with Gasteiger partial charge in [-0.05, 0) is 19.2 Å². The molecule has 1 atom stereocenters. The van der Waals surface area contributed by atoms with Gasteiger partial charge in [-0.3, -0.25) is 4.79 Å². The van der Waals surface area contributed by atoms with Crippen molar-refractivity contribution in [3.8, 4) is 0 Å². The maximum Gasteiger partial charge on any atom is 0.167 e. The van der Waals surface area contributed by atoms with Crippen LogP contribution in [0.4, 0.5) is 8.78 Å². The predicted octanol–water partition coefficient (Wildman–Crippen LogP) is 1.44. The molecule has 3 nitrogen and oxygen atoms in total. The minimum Gasteiger partial charge on any atom is -0.311 e. The van der Waals surface area contributed by atoms with E-state index in [0.29, 0.717) is 0 Å². The second-order valence-corrected chi connectivity index (χ2v) is 4.66. The summed E-state index contributed by atoms with van der Waals surface area (Å²) in [7, 11) is 1.98. The first-order chi connectivity index (χ1) is 8.56. The van der Waals surface area contributed by atoms with Crippen LogP contribution in [0, 0.1) is 11.6 Å². The third kappa shape index (κ3) is 3.11. The van der Waals surface area contributed by atoms with E-state index in [9.17, 15) is 13.6 Å². The third-order valence-corrected chi connectivity index (χ3v) is 3.12. The van der Waals surface area contributed by atoms with Crippen LogP contribution in [0.1, 0.15) is 16.8 Å². The van der Waals surface area contributed by atoms with Gasteiger partial charge in [0.15, 0.2) is 5.78 Å². The Balaban J connectivity index is 2.03. The van der Waals surface area contributed by atoms with Crippen LogP contribution >= 0.6 is 0 Å². The molecule has 0 aromatic heterocycles. The molecule has 0 amide bonds. The smallest absolute Gasteiger partial charge is 0.167 e. The molecule has 1 aliphatic rings. The minimum atomic E-state index is -0.788. The van der Waals surface area contributed by atoms with Gasteiger partial charge in [0.05, 0.1) is 5.56 Å². The first kappa shape index (κ1) is 13.1. The monoisotopic (exact) mass is 254 g/mol. The fourth-order valence-corrected chi connectivity index (χ4v) is 2.18. The number of carbonyl (C=O) groups excluding carboxylic acids is 1. The van der Waals surface area contributed by atoms with E-state index in [4.69, 9.17) is 0 Å². The Morgan fingerprint density at radius 1 is 1.50 bits per heavy atom. The van der Waals surface area contributed by atoms with Crippen molar-refractivity contribution in [2.45, 2.75) is 12.5 Å². The van der Waals surface area contributed by atoms with E-state index in [1.165, 1.54) is 6.07 Å². The van der Waals surface area contributed by atoms with Crippen molar-refractivity contribution in [1.29, 1.82) is 0 Å². The summed E-state index contributed by atoms with van der Waals surface area (Å²) < 4.78 is 26.2. The number of piperazine rings is 1. The number of ketones is 1. The minimum absolute atomic E-state index is 0.0284. The number of nitrogens with zero attached hydrogens (tertiary/aromatic N) is 1. The molecule has 1 aliphatic heterocycles. The highest BCUT2D eigenvalue weighted by Crippen LogP contribution is 2.13. The fraction of sp³-hybridized carbons (Fsp3) is 0.462. The van der Waals surface area contributed by atoms with Crippen LogP contribution in [-0.2, 0) is 0 Å². The van der Waals surface area contributed by atoms with Gasteiger partial charge in [0.2, 0.25) is 0 Å². The second kappa shape index (κ2) is 5.54. The zero-order valence-corrected chi connectivity index (χ0v) is 10.2. The number of benzene rings is 1. The average molecular weight is 254 g/mol. The van der Waals surface area contributed by atoms with E-state index in [-0.39, 0.29) is 23.8 Å². The van der Waals surface area contributed by atoms with Crippen LogP contribution in [0.2, 0.25) is 0 Å². The highest BCUT2D eigenvalue weighted by atomic mass is 19.1. The molecular weight excluding hydrogens is 238 g/mol. The lowest BCUT2D eigenvalue weighted by Crippen LogP contribution is -2.49. The SMILES string of the molecule is CN1CCNC(CC(=O)c2ccc(F)cc2F)C1. The predicted molar refractivity (Wildman–Crippen MR) is 64.6 cm³/mol. The summed E-state index contributed by atoms with van der Waals surface area (Å²) in [6.45, 7) is 2.52. The zero-order valence-electron chi connectivity index (χ0n) is 10.2. The second-order valence-electron chi connectivity index (χ2n) is 4.66. The Labute approximate surface area is 105 Å². The van der Waals surface area contributed by atoms with Gasteiger partial charge in [-0.15, -0.1) is 0 Å². The number of hydrogen-bond acceptors (Lipinski definition) is 3. The maximum absolute atomic E-state index is 13.4. The quantitative estimate of drug-likeness (QED) is 0.828. The molecule has 0 bridgehead atoms. The molecule has 1 unspecified atom stereocenters. The third-order valence-electron chi connectivity index (χ3n) is 3.12. The molecule has 1 heterocycles. The van der Waals surface area contributed by atoms with Crippen LogP contribution in [0.5, 0.6) is 0 Å². The molecule has 1 N–H and O–H groups in total. The number of carbonyl (C=O) groups is 1. The van der Waals surface area contributed by atoms with Gasteiger partial charge >= 0.3 is 0 Å². The van der Waals surface area contributed by atoms with Gasteiger partial charge < -0.3 is 10.2 Å². The molecule has 1 aromatic rings. The van der Waals surface area contributed by atoms with E-state index in [2.05, 4.69) is 10.2 Å². The van der Waals surface area contributed by atoms with Crippen molar-refractivity contribution in [2.75, 3.05) is 26.7 Å². The highest BCUT2D eigenvalue weighted by molar-refractivity contribution is 5.96. The standard InChI is InChI=1S/C13H16F2N2O/c1-17-5-4-16-10(8-17)7-13(18)11-3-2-9(14)6-12(11)15/h2-3,6,10,16H,4-5,7-8H2,1H3. The van der Waals surface area contributed by atoms with E-state index in [1.54, 1.807) is 0 Å². The lowest BCUT2D eigenvalue weighted by molar-refractivity contribution is 0.0948.